The van der Waals surface area contributed by atoms with Crippen LogP contribution in [0.25, 0.3) is 0 Å². The van der Waals surface area contributed by atoms with Crippen molar-refractivity contribution in [3.05, 3.63) is 30.1 Å². The average molecular weight is 150 g/mol. The van der Waals surface area contributed by atoms with Gasteiger partial charge in [-0.25, -0.2) is 0 Å². The first-order valence-corrected chi connectivity index (χ1v) is 3.72. The van der Waals surface area contributed by atoms with E-state index in [1.165, 1.54) is 0 Å². The standard InChI is InChI=1S/C8H10N2O/c1-3-9-4-2-7(1)8-10-5-6-11-8/h1-4,8,10H,5-6H2. The Bertz CT molecular complexity index is 219. The smallest absolute Gasteiger partial charge is 0.134 e. The SMILES string of the molecule is c1cc(C2NCCO2)ccn1. The summed E-state index contributed by atoms with van der Waals surface area (Å²) >= 11 is 0. The van der Waals surface area contributed by atoms with E-state index in [2.05, 4.69) is 10.3 Å². The highest BCUT2D eigenvalue weighted by atomic mass is 16.5. The second kappa shape index (κ2) is 2.98. The van der Waals surface area contributed by atoms with Gasteiger partial charge in [-0.3, -0.25) is 10.3 Å². The molecule has 58 valence electrons. The van der Waals surface area contributed by atoms with E-state index >= 15 is 0 Å². The Hall–Kier alpha value is -0.930. The topological polar surface area (TPSA) is 34.1 Å². The van der Waals surface area contributed by atoms with Crippen LogP contribution < -0.4 is 5.32 Å². The summed E-state index contributed by atoms with van der Waals surface area (Å²) in [7, 11) is 0. The van der Waals surface area contributed by atoms with Gasteiger partial charge in [0.2, 0.25) is 0 Å². The third-order valence-corrected chi connectivity index (χ3v) is 1.73. The van der Waals surface area contributed by atoms with Crippen LogP contribution in [0.15, 0.2) is 24.5 Å². The van der Waals surface area contributed by atoms with Gasteiger partial charge in [0.25, 0.3) is 0 Å². The summed E-state index contributed by atoms with van der Waals surface area (Å²) in [6.45, 7) is 1.74. The molecule has 2 heterocycles. The van der Waals surface area contributed by atoms with Gasteiger partial charge in [0.15, 0.2) is 0 Å². The molecule has 1 unspecified atom stereocenters. The monoisotopic (exact) mass is 150 g/mol. The predicted molar refractivity (Wildman–Crippen MR) is 40.9 cm³/mol. The van der Waals surface area contributed by atoms with Gasteiger partial charge in [0.05, 0.1) is 6.61 Å². The third kappa shape index (κ3) is 1.39. The number of nitrogens with one attached hydrogen (secondary N) is 1. The maximum absolute atomic E-state index is 5.40. The Kier molecular flexibility index (Phi) is 1.83. The number of aromatic nitrogens is 1. The van der Waals surface area contributed by atoms with Crippen molar-refractivity contribution in [2.75, 3.05) is 13.2 Å². The summed E-state index contributed by atoms with van der Waals surface area (Å²) < 4.78 is 5.40. The molecule has 1 aliphatic heterocycles. The van der Waals surface area contributed by atoms with E-state index in [1.807, 2.05) is 12.1 Å². The van der Waals surface area contributed by atoms with Gasteiger partial charge in [-0.2, -0.15) is 0 Å². The second-order valence-corrected chi connectivity index (χ2v) is 2.49. The molecule has 1 atom stereocenters. The minimum atomic E-state index is 0.0815. The Morgan fingerprint density at radius 2 is 2.27 bits per heavy atom. The van der Waals surface area contributed by atoms with Gasteiger partial charge in [0.1, 0.15) is 6.23 Å². The molecule has 3 heteroatoms. The van der Waals surface area contributed by atoms with Crippen LogP contribution in [0, 0.1) is 0 Å². The quantitative estimate of drug-likeness (QED) is 0.640. The fourth-order valence-corrected chi connectivity index (χ4v) is 1.18. The molecule has 1 fully saturated rings. The van der Waals surface area contributed by atoms with E-state index in [0.29, 0.717) is 0 Å². The molecule has 0 amide bonds. The van der Waals surface area contributed by atoms with Gasteiger partial charge < -0.3 is 4.74 Å². The van der Waals surface area contributed by atoms with E-state index < -0.39 is 0 Å². The number of hydrogen-bond acceptors (Lipinski definition) is 3. The summed E-state index contributed by atoms with van der Waals surface area (Å²) in [4.78, 5) is 3.93. The van der Waals surface area contributed by atoms with Crippen molar-refractivity contribution in [1.29, 1.82) is 0 Å². The Morgan fingerprint density at radius 1 is 1.45 bits per heavy atom. The fraction of sp³-hybridized carbons (Fsp3) is 0.375. The summed E-state index contributed by atoms with van der Waals surface area (Å²) in [5.74, 6) is 0. The number of hydrogen-bond donors (Lipinski definition) is 1. The first kappa shape index (κ1) is 6.76. The lowest BCUT2D eigenvalue weighted by Crippen LogP contribution is -2.13. The zero-order valence-corrected chi connectivity index (χ0v) is 6.16. The number of ether oxygens (including phenoxy) is 1. The summed E-state index contributed by atoms with van der Waals surface area (Å²) in [5, 5.41) is 3.22. The molecule has 11 heavy (non-hydrogen) atoms. The van der Waals surface area contributed by atoms with Crippen molar-refractivity contribution in [2.45, 2.75) is 6.23 Å². The highest BCUT2D eigenvalue weighted by molar-refractivity contribution is 5.13. The molecule has 0 aromatic carbocycles. The minimum absolute atomic E-state index is 0.0815. The van der Waals surface area contributed by atoms with Crippen LogP contribution in [0.2, 0.25) is 0 Å². The first-order valence-electron chi connectivity index (χ1n) is 3.72. The second-order valence-electron chi connectivity index (χ2n) is 2.49. The molecule has 0 bridgehead atoms. The highest BCUT2D eigenvalue weighted by Crippen LogP contribution is 2.15. The summed E-state index contributed by atoms with van der Waals surface area (Å²) in [5.41, 5.74) is 1.15. The molecule has 0 spiro atoms. The van der Waals surface area contributed by atoms with Crippen LogP contribution in [0.1, 0.15) is 11.8 Å². The van der Waals surface area contributed by atoms with Gasteiger partial charge >= 0.3 is 0 Å². The zero-order chi connectivity index (χ0) is 7.52. The molecule has 1 saturated heterocycles. The summed E-state index contributed by atoms with van der Waals surface area (Å²) in [6.07, 6.45) is 3.63. The van der Waals surface area contributed by atoms with Gasteiger partial charge in [-0.05, 0) is 17.7 Å². The van der Waals surface area contributed by atoms with E-state index in [-0.39, 0.29) is 6.23 Å². The normalized spacial score (nSPS) is 23.8. The molecular formula is C8H10N2O. The van der Waals surface area contributed by atoms with Crippen LogP contribution in [-0.4, -0.2) is 18.1 Å². The van der Waals surface area contributed by atoms with E-state index in [0.717, 1.165) is 18.7 Å². The van der Waals surface area contributed by atoms with Crippen molar-refractivity contribution < 1.29 is 4.74 Å². The molecular weight excluding hydrogens is 140 g/mol. The van der Waals surface area contributed by atoms with Crippen molar-refractivity contribution >= 4 is 0 Å². The van der Waals surface area contributed by atoms with E-state index in [4.69, 9.17) is 4.74 Å². The maximum atomic E-state index is 5.40. The van der Waals surface area contributed by atoms with E-state index in [9.17, 15) is 0 Å². The van der Waals surface area contributed by atoms with Crippen molar-refractivity contribution in [3.63, 3.8) is 0 Å². The number of pyridine rings is 1. The molecule has 1 aromatic heterocycles. The molecule has 2 rings (SSSR count). The Balaban J connectivity index is 2.16. The zero-order valence-electron chi connectivity index (χ0n) is 6.16. The molecule has 0 aliphatic carbocycles. The van der Waals surface area contributed by atoms with Gasteiger partial charge in [-0.15, -0.1) is 0 Å². The fourth-order valence-electron chi connectivity index (χ4n) is 1.18. The number of nitrogens with zero attached hydrogens (tertiary/aromatic N) is 1. The summed E-state index contributed by atoms with van der Waals surface area (Å²) in [6, 6.07) is 3.92. The van der Waals surface area contributed by atoms with Crippen LogP contribution in [0.3, 0.4) is 0 Å². The van der Waals surface area contributed by atoms with Crippen molar-refractivity contribution in [1.82, 2.24) is 10.3 Å². The van der Waals surface area contributed by atoms with Crippen LogP contribution >= 0.6 is 0 Å². The first-order chi connectivity index (χ1) is 5.47. The molecule has 3 nitrogen and oxygen atoms in total. The number of rotatable bonds is 1. The molecule has 0 saturated carbocycles. The lowest BCUT2D eigenvalue weighted by molar-refractivity contribution is 0.102. The van der Waals surface area contributed by atoms with E-state index in [1.54, 1.807) is 12.4 Å². The third-order valence-electron chi connectivity index (χ3n) is 1.73. The average Bonchev–Trinajstić information content (AvgIpc) is 2.58. The lowest BCUT2D eigenvalue weighted by atomic mass is 10.2. The Labute approximate surface area is 65.4 Å². The van der Waals surface area contributed by atoms with Crippen LogP contribution in [0.5, 0.6) is 0 Å². The van der Waals surface area contributed by atoms with Gasteiger partial charge in [-0.1, -0.05) is 0 Å². The van der Waals surface area contributed by atoms with Gasteiger partial charge in [0, 0.05) is 18.9 Å². The Morgan fingerprint density at radius 3 is 2.91 bits per heavy atom. The highest BCUT2D eigenvalue weighted by Gasteiger charge is 2.15. The molecule has 0 radical (unpaired) electrons. The largest absolute Gasteiger partial charge is 0.358 e. The van der Waals surface area contributed by atoms with Crippen molar-refractivity contribution in [3.8, 4) is 0 Å². The maximum Gasteiger partial charge on any atom is 0.134 e. The van der Waals surface area contributed by atoms with Crippen LogP contribution in [-0.2, 0) is 4.74 Å². The lowest BCUT2D eigenvalue weighted by Gasteiger charge is -2.08. The van der Waals surface area contributed by atoms with Crippen LogP contribution in [0.4, 0.5) is 0 Å². The van der Waals surface area contributed by atoms with Crippen molar-refractivity contribution in [2.24, 2.45) is 0 Å². The minimum Gasteiger partial charge on any atom is -0.358 e. The predicted octanol–water partition coefficient (Wildman–Crippen LogP) is 0.700. The molecule has 1 aliphatic rings. The molecule has 1 aromatic rings. The molecule has 1 N–H and O–H groups in total.